The topological polar surface area (TPSA) is 102 Å². The van der Waals surface area contributed by atoms with Gasteiger partial charge >= 0.3 is 0 Å². The van der Waals surface area contributed by atoms with Crippen LogP contribution in [-0.2, 0) is 4.79 Å². The van der Waals surface area contributed by atoms with Gasteiger partial charge in [0.05, 0.1) is 11.8 Å². The maximum Gasteiger partial charge on any atom is 0.269 e. The zero-order valence-electron chi connectivity index (χ0n) is 15.1. The second-order valence-electron chi connectivity index (χ2n) is 7.25. The van der Waals surface area contributed by atoms with Gasteiger partial charge in [0.15, 0.2) is 0 Å². The fourth-order valence-corrected chi connectivity index (χ4v) is 4.92. The molecular weight excluding hydrogens is 364 g/mol. The molecule has 2 bridgehead atoms. The van der Waals surface area contributed by atoms with E-state index in [1.165, 1.54) is 31.0 Å². The molecule has 2 aliphatic rings. The molecule has 1 aromatic heterocycles. The molecule has 2 aromatic rings. The van der Waals surface area contributed by atoms with Gasteiger partial charge < -0.3 is 0 Å². The zero-order chi connectivity index (χ0) is 18.8. The number of carbonyl (C=O) groups is 2. The molecule has 0 spiro atoms. The van der Waals surface area contributed by atoms with Crippen molar-refractivity contribution in [2.75, 3.05) is 5.75 Å². The van der Waals surface area contributed by atoms with E-state index in [0.29, 0.717) is 22.7 Å². The van der Waals surface area contributed by atoms with Crippen LogP contribution in [0.1, 0.15) is 47.6 Å². The van der Waals surface area contributed by atoms with Crippen LogP contribution in [0, 0.1) is 18.8 Å². The highest BCUT2D eigenvalue weighted by molar-refractivity contribution is 7.99. The fourth-order valence-electron chi connectivity index (χ4n) is 4.19. The molecule has 4 rings (SSSR count). The van der Waals surface area contributed by atoms with E-state index >= 15 is 0 Å². The van der Waals surface area contributed by atoms with Crippen molar-refractivity contribution in [2.24, 2.45) is 11.8 Å². The van der Waals surface area contributed by atoms with E-state index in [1.807, 2.05) is 23.7 Å². The lowest BCUT2D eigenvalue weighted by Crippen LogP contribution is -2.42. The van der Waals surface area contributed by atoms with Crippen molar-refractivity contribution >= 4 is 23.6 Å². The van der Waals surface area contributed by atoms with Crippen LogP contribution in [0.2, 0.25) is 0 Å². The molecule has 1 heterocycles. The number of hydrazine groups is 1. The third-order valence-corrected chi connectivity index (χ3v) is 6.45. The number of aryl methyl sites for hydroxylation is 1. The Bertz CT molecular complexity index is 854. The first-order chi connectivity index (χ1) is 13.1. The molecule has 1 aromatic carbocycles. The normalized spacial score (nSPS) is 23.4. The predicted molar refractivity (Wildman–Crippen MR) is 99.8 cm³/mol. The predicted octanol–water partition coefficient (Wildman–Crippen LogP) is 1.90. The van der Waals surface area contributed by atoms with E-state index in [9.17, 15) is 9.59 Å². The van der Waals surface area contributed by atoms with Gasteiger partial charge in [0, 0.05) is 5.56 Å². The second-order valence-corrected chi connectivity index (χ2v) is 8.20. The van der Waals surface area contributed by atoms with Gasteiger partial charge in [-0.3, -0.25) is 20.4 Å². The number of benzene rings is 1. The largest absolute Gasteiger partial charge is 0.272 e. The third kappa shape index (κ3) is 3.83. The summed E-state index contributed by atoms with van der Waals surface area (Å²) < 4.78 is 1.88. The summed E-state index contributed by atoms with van der Waals surface area (Å²) in [7, 11) is 0. The van der Waals surface area contributed by atoms with Gasteiger partial charge in [-0.25, -0.2) is 4.68 Å². The van der Waals surface area contributed by atoms with Crippen LogP contribution < -0.4 is 10.9 Å². The van der Waals surface area contributed by atoms with E-state index in [1.54, 1.807) is 12.1 Å². The van der Waals surface area contributed by atoms with Crippen molar-refractivity contribution in [3.63, 3.8) is 0 Å². The Hall–Kier alpha value is -2.42. The Morgan fingerprint density at radius 3 is 2.81 bits per heavy atom. The summed E-state index contributed by atoms with van der Waals surface area (Å²) in [5, 5.41) is 12.7. The van der Waals surface area contributed by atoms with Gasteiger partial charge in [-0.1, -0.05) is 36.4 Å². The number of amides is 2. The summed E-state index contributed by atoms with van der Waals surface area (Å²) in [5.41, 5.74) is 6.28. The Balaban J connectivity index is 1.28. The molecule has 2 saturated carbocycles. The molecule has 2 amide bonds. The van der Waals surface area contributed by atoms with E-state index in [2.05, 4.69) is 26.4 Å². The first kappa shape index (κ1) is 18.0. The van der Waals surface area contributed by atoms with Gasteiger partial charge in [0.25, 0.3) is 5.91 Å². The van der Waals surface area contributed by atoms with E-state index in [-0.39, 0.29) is 17.6 Å². The van der Waals surface area contributed by atoms with Crippen molar-refractivity contribution < 1.29 is 9.59 Å². The number of tetrazole rings is 1. The van der Waals surface area contributed by atoms with Crippen molar-refractivity contribution in [3.8, 4) is 0 Å². The van der Waals surface area contributed by atoms with Crippen molar-refractivity contribution in [1.82, 2.24) is 31.1 Å². The summed E-state index contributed by atoms with van der Waals surface area (Å²) in [6.45, 7) is 1.85. The molecule has 2 fully saturated rings. The van der Waals surface area contributed by atoms with Gasteiger partial charge in [-0.2, -0.15) is 0 Å². The van der Waals surface area contributed by atoms with Crippen molar-refractivity contribution in [1.29, 1.82) is 0 Å². The van der Waals surface area contributed by atoms with E-state index < -0.39 is 0 Å². The minimum absolute atomic E-state index is 0.134. The summed E-state index contributed by atoms with van der Waals surface area (Å²) in [4.78, 5) is 24.2. The molecule has 142 valence electrons. The Morgan fingerprint density at radius 2 is 2.07 bits per heavy atom. The number of nitrogens with one attached hydrogen (secondary N) is 2. The lowest BCUT2D eigenvalue weighted by Gasteiger charge is -2.22. The molecule has 2 N–H and O–H groups in total. The Morgan fingerprint density at radius 1 is 1.22 bits per heavy atom. The highest BCUT2D eigenvalue weighted by Gasteiger charge is 2.42. The fraction of sp³-hybridized carbons (Fsp3) is 0.500. The van der Waals surface area contributed by atoms with E-state index in [0.717, 1.165) is 17.9 Å². The first-order valence-corrected chi connectivity index (χ1v) is 10.2. The summed E-state index contributed by atoms with van der Waals surface area (Å²) >= 11 is 1.29. The number of hydrogen-bond donors (Lipinski definition) is 2. The molecule has 2 aliphatic carbocycles. The van der Waals surface area contributed by atoms with Crippen LogP contribution in [0.25, 0.3) is 0 Å². The quantitative estimate of drug-likeness (QED) is 0.601. The highest BCUT2D eigenvalue weighted by Crippen LogP contribution is 2.50. The van der Waals surface area contributed by atoms with Crippen LogP contribution in [0.4, 0.5) is 0 Å². The average molecular weight is 386 g/mol. The van der Waals surface area contributed by atoms with Crippen LogP contribution in [0.15, 0.2) is 29.4 Å². The number of hydrogen-bond acceptors (Lipinski definition) is 6. The highest BCUT2D eigenvalue weighted by atomic mass is 32.2. The van der Waals surface area contributed by atoms with Crippen LogP contribution >= 0.6 is 11.8 Å². The summed E-state index contributed by atoms with van der Waals surface area (Å²) in [6, 6.07) is 7.57. The average Bonchev–Trinajstić information content (AvgIpc) is 3.41. The maximum atomic E-state index is 12.1. The Kier molecular flexibility index (Phi) is 5.11. The maximum absolute atomic E-state index is 12.1. The lowest BCUT2D eigenvalue weighted by atomic mass is 9.96. The van der Waals surface area contributed by atoms with Crippen LogP contribution in [0.5, 0.6) is 0 Å². The molecular formula is C18H22N6O2S. The number of rotatable bonds is 5. The molecule has 9 heteroatoms. The Labute approximate surface area is 161 Å². The van der Waals surface area contributed by atoms with Crippen LogP contribution in [-0.4, -0.2) is 37.8 Å². The molecule has 3 atom stereocenters. The van der Waals surface area contributed by atoms with Gasteiger partial charge in [-0.15, -0.1) is 5.10 Å². The minimum atomic E-state index is -0.335. The van der Waals surface area contributed by atoms with Crippen molar-refractivity contribution in [3.05, 3.63) is 35.4 Å². The smallest absolute Gasteiger partial charge is 0.269 e. The third-order valence-electron chi connectivity index (χ3n) is 5.52. The zero-order valence-corrected chi connectivity index (χ0v) is 15.9. The monoisotopic (exact) mass is 386 g/mol. The standard InChI is InChI=1S/C18H22N6O2S/c1-11-4-2-3-5-14(11)17(26)20-19-16(25)10-27-18-21-22-23-24(18)15-9-12-6-7-13(15)8-12/h2-5,12-13,15H,6-10H2,1H3,(H,19,25)(H,20,26)/t12-,13+,15-/m1/s1. The summed E-state index contributed by atoms with van der Waals surface area (Å²) in [6.07, 6.45) is 4.95. The summed E-state index contributed by atoms with van der Waals surface area (Å²) in [5.74, 6) is 0.944. The molecule has 0 aliphatic heterocycles. The van der Waals surface area contributed by atoms with Crippen LogP contribution in [0.3, 0.4) is 0 Å². The number of thioether (sulfide) groups is 1. The van der Waals surface area contributed by atoms with Gasteiger partial charge in [0.1, 0.15) is 0 Å². The number of carbonyl (C=O) groups excluding carboxylic acids is 2. The van der Waals surface area contributed by atoms with Gasteiger partial charge in [-0.05, 0) is 60.1 Å². The lowest BCUT2D eigenvalue weighted by molar-refractivity contribution is -0.119. The van der Waals surface area contributed by atoms with E-state index in [4.69, 9.17) is 0 Å². The molecule has 8 nitrogen and oxygen atoms in total. The van der Waals surface area contributed by atoms with Crippen molar-refractivity contribution in [2.45, 2.75) is 43.8 Å². The number of fused-ring (bicyclic) bond motifs is 2. The molecule has 0 unspecified atom stereocenters. The SMILES string of the molecule is Cc1ccccc1C(=O)NNC(=O)CSc1nnnn1[C@@H]1C[C@@H]2CC[C@H]1C2. The molecule has 0 radical (unpaired) electrons. The molecule has 0 saturated heterocycles. The first-order valence-electron chi connectivity index (χ1n) is 9.17. The van der Waals surface area contributed by atoms with Gasteiger partial charge in [0.2, 0.25) is 11.1 Å². The second kappa shape index (κ2) is 7.67. The minimum Gasteiger partial charge on any atom is -0.272 e. The molecule has 27 heavy (non-hydrogen) atoms. The number of nitrogens with zero attached hydrogens (tertiary/aromatic N) is 4. The number of aromatic nitrogens is 4.